The minimum atomic E-state index is -0.142. The van der Waals surface area contributed by atoms with Crippen LogP contribution in [0.5, 0.6) is 0 Å². The van der Waals surface area contributed by atoms with Crippen LogP contribution in [0.1, 0.15) is 42.6 Å². The second-order valence-corrected chi connectivity index (χ2v) is 5.89. The van der Waals surface area contributed by atoms with Gasteiger partial charge in [-0.2, -0.15) is 0 Å². The average molecular weight is 291 g/mol. The van der Waals surface area contributed by atoms with E-state index < -0.39 is 0 Å². The van der Waals surface area contributed by atoms with Gasteiger partial charge in [0.25, 0.3) is 5.91 Å². The Morgan fingerprint density at radius 2 is 2.05 bits per heavy atom. The molecule has 1 aromatic rings. The molecule has 1 atom stereocenters. The molecule has 116 valence electrons. The molecule has 6 nitrogen and oxygen atoms in total. The first-order valence-corrected chi connectivity index (χ1v) is 7.64. The number of amides is 1. The van der Waals surface area contributed by atoms with Crippen molar-refractivity contribution in [2.75, 3.05) is 26.0 Å². The van der Waals surface area contributed by atoms with Crippen LogP contribution in [0.2, 0.25) is 0 Å². The van der Waals surface area contributed by atoms with E-state index in [1.165, 1.54) is 37.0 Å². The number of carbonyl (C=O) groups excluding carboxylic acids is 1. The lowest BCUT2D eigenvalue weighted by Gasteiger charge is -2.30. The van der Waals surface area contributed by atoms with Crippen LogP contribution >= 0.6 is 0 Å². The first-order chi connectivity index (χ1) is 10.1. The smallest absolute Gasteiger partial charge is 0.273 e. The summed E-state index contributed by atoms with van der Waals surface area (Å²) in [6, 6.07) is 3.73. The fraction of sp³-hybridized carbons (Fsp3) is 0.667. The highest BCUT2D eigenvalue weighted by Gasteiger charge is 2.23. The molecule has 1 heterocycles. The van der Waals surface area contributed by atoms with Crippen molar-refractivity contribution in [2.24, 2.45) is 11.7 Å². The number of nitrogens with two attached hydrogens (primary N) is 1. The van der Waals surface area contributed by atoms with Crippen molar-refractivity contribution in [1.29, 1.82) is 0 Å². The van der Waals surface area contributed by atoms with Crippen molar-refractivity contribution < 1.29 is 4.79 Å². The maximum atomic E-state index is 11.8. The monoisotopic (exact) mass is 291 g/mol. The minimum absolute atomic E-state index is 0.142. The van der Waals surface area contributed by atoms with Gasteiger partial charge in [-0.15, -0.1) is 10.2 Å². The SMILES string of the molecule is CN(C)C(=O)c1ccc(NC(CN)C2CCCCC2)nn1. The summed E-state index contributed by atoms with van der Waals surface area (Å²) < 4.78 is 0. The fourth-order valence-electron chi connectivity index (χ4n) is 2.85. The van der Waals surface area contributed by atoms with Crippen LogP contribution in [0, 0.1) is 5.92 Å². The maximum absolute atomic E-state index is 11.8. The molecule has 0 saturated heterocycles. The van der Waals surface area contributed by atoms with Crippen molar-refractivity contribution in [1.82, 2.24) is 15.1 Å². The van der Waals surface area contributed by atoms with Crippen LogP contribution in [0.25, 0.3) is 0 Å². The van der Waals surface area contributed by atoms with E-state index in [0.717, 1.165) is 0 Å². The Labute approximate surface area is 126 Å². The molecule has 0 bridgehead atoms. The van der Waals surface area contributed by atoms with E-state index in [-0.39, 0.29) is 11.9 Å². The quantitative estimate of drug-likeness (QED) is 0.859. The Morgan fingerprint density at radius 1 is 1.33 bits per heavy atom. The van der Waals surface area contributed by atoms with Gasteiger partial charge in [0, 0.05) is 26.7 Å². The van der Waals surface area contributed by atoms with Gasteiger partial charge in [0.2, 0.25) is 0 Å². The Bertz CT molecular complexity index is 454. The maximum Gasteiger partial charge on any atom is 0.273 e. The molecular weight excluding hydrogens is 266 g/mol. The molecule has 0 aromatic carbocycles. The third-order valence-corrected chi connectivity index (χ3v) is 4.10. The molecular formula is C15H25N5O. The predicted molar refractivity (Wildman–Crippen MR) is 83.1 cm³/mol. The van der Waals surface area contributed by atoms with Crippen molar-refractivity contribution in [3.63, 3.8) is 0 Å². The third kappa shape index (κ3) is 4.14. The lowest BCUT2D eigenvalue weighted by molar-refractivity contribution is 0.0821. The first kappa shape index (κ1) is 15.7. The van der Waals surface area contributed by atoms with E-state index in [2.05, 4.69) is 15.5 Å². The molecule has 1 aliphatic carbocycles. The standard InChI is InChI=1S/C15H25N5O/c1-20(2)15(21)12-8-9-14(19-18-12)17-13(10-16)11-6-4-3-5-7-11/h8-9,11,13H,3-7,10,16H2,1-2H3,(H,17,19). The second kappa shape index (κ2) is 7.36. The molecule has 0 spiro atoms. The molecule has 1 saturated carbocycles. The van der Waals surface area contributed by atoms with Crippen molar-refractivity contribution in [2.45, 2.75) is 38.1 Å². The highest BCUT2D eigenvalue weighted by Crippen LogP contribution is 2.27. The molecule has 1 aromatic heterocycles. The van der Waals surface area contributed by atoms with E-state index in [4.69, 9.17) is 5.73 Å². The van der Waals surface area contributed by atoms with E-state index in [0.29, 0.717) is 24.0 Å². The number of hydrogen-bond acceptors (Lipinski definition) is 5. The largest absolute Gasteiger partial charge is 0.364 e. The molecule has 0 aliphatic heterocycles. The molecule has 1 amide bonds. The lowest BCUT2D eigenvalue weighted by atomic mass is 9.84. The summed E-state index contributed by atoms with van der Waals surface area (Å²) in [6.45, 7) is 0.588. The highest BCUT2D eigenvalue weighted by atomic mass is 16.2. The summed E-state index contributed by atoms with van der Waals surface area (Å²) in [7, 11) is 3.40. The number of carbonyl (C=O) groups is 1. The van der Waals surface area contributed by atoms with Crippen molar-refractivity contribution in [3.8, 4) is 0 Å². The summed E-state index contributed by atoms with van der Waals surface area (Å²) in [5.41, 5.74) is 6.25. The van der Waals surface area contributed by atoms with Gasteiger partial charge in [0.1, 0.15) is 5.82 Å². The van der Waals surface area contributed by atoms with E-state index >= 15 is 0 Å². The van der Waals surface area contributed by atoms with Gasteiger partial charge >= 0.3 is 0 Å². The zero-order valence-electron chi connectivity index (χ0n) is 12.9. The molecule has 21 heavy (non-hydrogen) atoms. The fourth-order valence-corrected chi connectivity index (χ4v) is 2.85. The van der Waals surface area contributed by atoms with Crippen LogP contribution in [0.4, 0.5) is 5.82 Å². The summed E-state index contributed by atoms with van der Waals surface area (Å²) in [6.07, 6.45) is 6.34. The van der Waals surface area contributed by atoms with Crippen molar-refractivity contribution >= 4 is 11.7 Å². The van der Waals surface area contributed by atoms with Crippen LogP contribution < -0.4 is 11.1 Å². The lowest BCUT2D eigenvalue weighted by Crippen LogP contribution is -2.37. The third-order valence-electron chi connectivity index (χ3n) is 4.10. The highest BCUT2D eigenvalue weighted by molar-refractivity contribution is 5.91. The molecule has 2 rings (SSSR count). The Hall–Kier alpha value is -1.69. The van der Waals surface area contributed by atoms with Gasteiger partial charge in [-0.3, -0.25) is 4.79 Å². The summed E-state index contributed by atoms with van der Waals surface area (Å²) >= 11 is 0. The first-order valence-electron chi connectivity index (χ1n) is 7.64. The number of nitrogens with one attached hydrogen (secondary N) is 1. The number of aromatic nitrogens is 2. The summed E-state index contributed by atoms with van der Waals surface area (Å²) in [5, 5.41) is 11.5. The number of nitrogens with zero attached hydrogens (tertiary/aromatic N) is 3. The van der Waals surface area contributed by atoms with Gasteiger partial charge < -0.3 is 16.0 Å². The Kier molecular flexibility index (Phi) is 5.50. The normalized spacial score (nSPS) is 17.3. The number of anilines is 1. The Balaban J connectivity index is 1.99. The zero-order chi connectivity index (χ0) is 15.2. The number of rotatable bonds is 5. The number of hydrogen-bond donors (Lipinski definition) is 2. The summed E-state index contributed by atoms with van der Waals surface area (Å²) in [4.78, 5) is 13.3. The average Bonchev–Trinajstić information content (AvgIpc) is 2.53. The van der Waals surface area contributed by atoms with Crippen LogP contribution in [0.15, 0.2) is 12.1 Å². The Morgan fingerprint density at radius 3 is 2.57 bits per heavy atom. The molecule has 1 unspecified atom stereocenters. The van der Waals surface area contributed by atoms with Crippen LogP contribution in [-0.2, 0) is 0 Å². The predicted octanol–water partition coefficient (Wildman–Crippen LogP) is 1.50. The molecule has 0 radical (unpaired) electrons. The van der Waals surface area contributed by atoms with E-state index in [9.17, 15) is 4.79 Å². The van der Waals surface area contributed by atoms with Gasteiger partial charge in [-0.25, -0.2) is 0 Å². The molecule has 3 N–H and O–H groups in total. The van der Waals surface area contributed by atoms with Gasteiger partial charge in [-0.1, -0.05) is 19.3 Å². The second-order valence-electron chi connectivity index (χ2n) is 5.89. The van der Waals surface area contributed by atoms with E-state index in [1.54, 1.807) is 26.2 Å². The molecule has 6 heteroatoms. The summed E-state index contributed by atoms with van der Waals surface area (Å²) in [5.74, 6) is 1.15. The van der Waals surface area contributed by atoms with Crippen LogP contribution in [0.3, 0.4) is 0 Å². The minimum Gasteiger partial charge on any atom is -0.364 e. The van der Waals surface area contributed by atoms with Gasteiger partial charge in [0.05, 0.1) is 0 Å². The van der Waals surface area contributed by atoms with Gasteiger partial charge in [-0.05, 0) is 30.9 Å². The van der Waals surface area contributed by atoms with Crippen molar-refractivity contribution in [3.05, 3.63) is 17.8 Å². The topological polar surface area (TPSA) is 84.1 Å². The zero-order valence-corrected chi connectivity index (χ0v) is 12.9. The molecule has 1 aliphatic rings. The van der Waals surface area contributed by atoms with E-state index in [1.807, 2.05) is 0 Å². The van der Waals surface area contributed by atoms with Crippen LogP contribution in [-0.4, -0.2) is 47.7 Å². The van der Waals surface area contributed by atoms with Gasteiger partial charge in [0.15, 0.2) is 5.69 Å². The molecule has 1 fully saturated rings.